The molecule has 6 heteroatoms. The lowest BCUT2D eigenvalue weighted by Gasteiger charge is -2.32. The van der Waals surface area contributed by atoms with Gasteiger partial charge in [-0.1, -0.05) is 42.5 Å². The van der Waals surface area contributed by atoms with E-state index in [0.29, 0.717) is 10.9 Å². The molecule has 4 nitrogen and oxygen atoms in total. The fourth-order valence-corrected chi connectivity index (χ4v) is 3.42. The molecule has 2 atom stereocenters. The van der Waals surface area contributed by atoms with Crippen LogP contribution in [0.5, 0.6) is 5.75 Å². The molecule has 0 radical (unpaired) electrons. The standard InChI is InChI=1S/C20H16ClFN2O2/c1-26-18-11-17-15(9-16(18)22)12-23-24(17)20(25)8-7-14(10-19(20)21)13-5-3-2-4-6-13/h2-12,19,25H,1H3. The summed E-state index contributed by atoms with van der Waals surface area (Å²) in [5.41, 5.74) is 0.864. The van der Waals surface area contributed by atoms with Gasteiger partial charge in [-0.15, -0.1) is 11.6 Å². The van der Waals surface area contributed by atoms with Crippen LogP contribution in [0.15, 0.2) is 66.9 Å². The summed E-state index contributed by atoms with van der Waals surface area (Å²) in [7, 11) is 1.39. The fourth-order valence-electron chi connectivity index (χ4n) is 3.12. The van der Waals surface area contributed by atoms with Crippen molar-refractivity contribution >= 4 is 28.1 Å². The van der Waals surface area contributed by atoms with Gasteiger partial charge in [0.15, 0.2) is 17.3 Å². The lowest BCUT2D eigenvalue weighted by molar-refractivity contribution is 0.0115. The van der Waals surface area contributed by atoms with Gasteiger partial charge in [0.2, 0.25) is 0 Å². The highest BCUT2D eigenvalue weighted by atomic mass is 35.5. The quantitative estimate of drug-likeness (QED) is 0.706. The molecule has 1 N–H and O–H groups in total. The van der Waals surface area contributed by atoms with Gasteiger partial charge >= 0.3 is 0 Å². The molecule has 132 valence electrons. The van der Waals surface area contributed by atoms with Crippen molar-refractivity contribution < 1.29 is 14.2 Å². The topological polar surface area (TPSA) is 47.3 Å². The van der Waals surface area contributed by atoms with Crippen LogP contribution in [0.25, 0.3) is 16.5 Å². The molecule has 2 unspecified atom stereocenters. The predicted molar refractivity (Wildman–Crippen MR) is 99.6 cm³/mol. The summed E-state index contributed by atoms with van der Waals surface area (Å²) < 4.78 is 20.3. The third-order valence-electron chi connectivity index (χ3n) is 4.53. The number of fused-ring (bicyclic) bond motifs is 1. The van der Waals surface area contributed by atoms with Crippen LogP contribution in [0.3, 0.4) is 0 Å². The number of aliphatic hydroxyl groups is 1. The summed E-state index contributed by atoms with van der Waals surface area (Å²) >= 11 is 6.52. The van der Waals surface area contributed by atoms with Crippen molar-refractivity contribution in [2.24, 2.45) is 0 Å². The zero-order chi connectivity index (χ0) is 18.3. The highest BCUT2D eigenvalue weighted by Crippen LogP contribution is 2.36. The molecule has 1 heterocycles. The molecule has 2 aromatic carbocycles. The molecular weight excluding hydrogens is 355 g/mol. The minimum Gasteiger partial charge on any atom is -0.494 e. The minimum atomic E-state index is -1.58. The first-order valence-electron chi connectivity index (χ1n) is 8.07. The Morgan fingerprint density at radius 3 is 2.73 bits per heavy atom. The number of halogens is 2. The lowest BCUT2D eigenvalue weighted by Crippen LogP contribution is -2.41. The van der Waals surface area contributed by atoms with E-state index in [1.807, 2.05) is 36.4 Å². The van der Waals surface area contributed by atoms with Gasteiger partial charge < -0.3 is 9.84 Å². The molecule has 0 saturated carbocycles. The van der Waals surface area contributed by atoms with Crippen LogP contribution in [-0.4, -0.2) is 27.4 Å². The first kappa shape index (κ1) is 16.8. The predicted octanol–water partition coefficient (Wildman–Crippen LogP) is 4.09. The summed E-state index contributed by atoms with van der Waals surface area (Å²) in [6.45, 7) is 0. The number of aromatic nitrogens is 2. The van der Waals surface area contributed by atoms with E-state index in [4.69, 9.17) is 16.3 Å². The second-order valence-electron chi connectivity index (χ2n) is 6.11. The van der Waals surface area contributed by atoms with Gasteiger partial charge in [-0.2, -0.15) is 5.10 Å². The molecule has 0 amide bonds. The molecule has 4 rings (SSSR count). The minimum absolute atomic E-state index is 0.0780. The fraction of sp³-hybridized carbons (Fsp3) is 0.150. The second kappa shape index (κ2) is 6.27. The zero-order valence-corrected chi connectivity index (χ0v) is 14.7. The Hall–Kier alpha value is -2.63. The van der Waals surface area contributed by atoms with Gasteiger partial charge in [0, 0.05) is 11.5 Å². The Morgan fingerprint density at radius 2 is 2.04 bits per heavy atom. The van der Waals surface area contributed by atoms with E-state index in [1.165, 1.54) is 30.1 Å². The highest BCUT2D eigenvalue weighted by Gasteiger charge is 2.38. The smallest absolute Gasteiger partial charge is 0.198 e. The number of methoxy groups -OCH3 is 1. The molecule has 0 saturated heterocycles. The molecule has 0 aliphatic heterocycles. The van der Waals surface area contributed by atoms with Crippen LogP contribution in [0, 0.1) is 5.82 Å². The van der Waals surface area contributed by atoms with E-state index in [0.717, 1.165) is 11.1 Å². The van der Waals surface area contributed by atoms with Gasteiger partial charge in [-0.3, -0.25) is 0 Å². The van der Waals surface area contributed by atoms with Gasteiger partial charge in [0.05, 0.1) is 18.8 Å². The SMILES string of the molecule is COc1cc2c(cnn2C2(O)C=CC(c3ccccc3)=CC2Cl)cc1F. The van der Waals surface area contributed by atoms with Crippen LogP contribution in [0.2, 0.25) is 0 Å². The highest BCUT2D eigenvalue weighted by molar-refractivity contribution is 6.23. The zero-order valence-electron chi connectivity index (χ0n) is 13.9. The maximum absolute atomic E-state index is 13.9. The maximum Gasteiger partial charge on any atom is 0.198 e. The maximum atomic E-state index is 13.9. The number of allylic oxidation sites excluding steroid dienone is 2. The van der Waals surface area contributed by atoms with Crippen molar-refractivity contribution in [1.82, 2.24) is 9.78 Å². The molecule has 0 fully saturated rings. The van der Waals surface area contributed by atoms with Gasteiger partial charge in [0.25, 0.3) is 0 Å². The van der Waals surface area contributed by atoms with E-state index in [-0.39, 0.29) is 5.75 Å². The van der Waals surface area contributed by atoms with Crippen molar-refractivity contribution in [1.29, 1.82) is 0 Å². The summed E-state index contributed by atoms with van der Waals surface area (Å²) in [6.07, 6.45) is 6.69. The number of hydrogen-bond acceptors (Lipinski definition) is 3. The number of alkyl halides is 1. The summed E-state index contributed by atoms with van der Waals surface area (Å²) in [6, 6.07) is 12.6. The first-order chi connectivity index (χ1) is 12.5. The normalized spacial score (nSPS) is 22.5. The third-order valence-corrected chi connectivity index (χ3v) is 4.98. The Kier molecular flexibility index (Phi) is 4.05. The molecule has 1 aliphatic rings. The summed E-state index contributed by atoms with van der Waals surface area (Å²) in [4.78, 5) is 0. The van der Waals surface area contributed by atoms with Crippen molar-refractivity contribution in [2.75, 3.05) is 7.11 Å². The first-order valence-corrected chi connectivity index (χ1v) is 8.51. The Balaban J connectivity index is 1.78. The molecule has 3 aromatic rings. The summed E-state index contributed by atoms with van der Waals surface area (Å²) in [5, 5.41) is 15.2. The molecule has 26 heavy (non-hydrogen) atoms. The van der Waals surface area contributed by atoms with Crippen molar-refractivity contribution in [3.63, 3.8) is 0 Å². The number of nitrogens with zero attached hydrogens (tertiary/aromatic N) is 2. The molecular formula is C20H16ClFN2O2. The number of rotatable bonds is 3. The summed E-state index contributed by atoms with van der Waals surface area (Å²) in [5.74, 6) is -0.409. The largest absolute Gasteiger partial charge is 0.494 e. The molecule has 1 aromatic heterocycles. The second-order valence-corrected chi connectivity index (χ2v) is 6.58. The third kappa shape index (κ3) is 2.60. The van der Waals surface area contributed by atoms with E-state index in [2.05, 4.69) is 5.10 Å². The van der Waals surface area contributed by atoms with E-state index >= 15 is 0 Å². The Bertz CT molecular complexity index is 1030. The molecule has 0 spiro atoms. The van der Waals surface area contributed by atoms with Crippen LogP contribution >= 0.6 is 11.6 Å². The molecule has 1 aliphatic carbocycles. The Labute approximate surface area is 154 Å². The average molecular weight is 371 g/mol. The number of benzene rings is 2. The molecule has 0 bridgehead atoms. The monoisotopic (exact) mass is 370 g/mol. The van der Waals surface area contributed by atoms with E-state index in [1.54, 1.807) is 12.2 Å². The van der Waals surface area contributed by atoms with E-state index in [9.17, 15) is 9.50 Å². The Morgan fingerprint density at radius 1 is 1.27 bits per heavy atom. The van der Waals surface area contributed by atoms with Crippen molar-refractivity contribution in [3.8, 4) is 5.75 Å². The van der Waals surface area contributed by atoms with Crippen molar-refractivity contribution in [3.05, 3.63) is 78.3 Å². The van der Waals surface area contributed by atoms with Crippen LogP contribution < -0.4 is 4.74 Å². The van der Waals surface area contributed by atoms with Gasteiger partial charge in [0.1, 0.15) is 5.38 Å². The van der Waals surface area contributed by atoms with Gasteiger partial charge in [-0.05, 0) is 23.3 Å². The number of hydrogen-bond donors (Lipinski definition) is 1. The van der Waals surface area contributed by atoms with Crippen LogP contribution in [-0.2, 0) is 5.72 Å². The van der Waals surface area contributed by atoms with Crippen LogP contribution in [0.1, 0.15) is 5.56 Å². The number of ether oxygens (including phenoxy) is 1. The van der Waals surface area contributed by atoms with Crippen molar-refractivity contribution in [2.45, 2.75) is 11.1 Å². The average Bonchev–Trinajstić information content (AvgIpc) is 3.07. The van der Waals surface area contributed by atoms with E-state index < -0.39 is 16.9 Å². The van der Waals surface area contributed by atoms with Crippen LogP contribution in [0.4, 0.5) is 4.39 Å². The van der Waals surface area contributed by atoms with Gasteiger partial charge in [-0.25, -0.2) is 9.07 Å². The lowest BCUT2D eigenvalue weighted by atomic mass is 9.94.